The Morgan fingerprint density at radius 1 is 1.00 bits per heavy atom. The smallest absolute Gasteiger partial charge is 0.307 e. The number of nitrogens with two attached hydrogens (primary N) is 1. The third-order valence-electron chi connectivity index (χ3n) is 3.76. The van der Waals surface area contributed by atoms with Gasteiger partial charge in [0.25, 0.3) is 0 Å². The number of esters is 2. The van der Waals surface area contributed by atoms with E-state index in [0.717, 1.165) is 20.1 Å². The molecule has 2 atom stereocenters. The number of hydrogen-bond donors (Lipinski definition) is 1. The van der Waals surface area contributed by atoms with Gasteiger partial charge in [-0.25, -0.2) is 0 Å². The fourth-order valence-corrected chi connectivity index (χ4v) is 2.93. The molecule has 0 fully saturated rings. The van der Waals surface area contributed by atoms with Crippen LogP contribution in [0.15, 0.2) is 45.9 Å². The predicted octanol–water partition coefficient (Wildman–Crippen LogP) is 5.58. The first-order valence-corrected chi connectivity index (χ1v) is 10.7. The second kappa shape index (κ2) is 17.8. The van der Waals surface area contributed by atoms with Crippen LogP contribution in [0, 0.1) is 0 Å². The van der Waals surface area contributed by atoms with Crippen molar-refractivity contribution in [1.82, 2.24) is 9.97 Å². The zero-order chi connectivity index (χ0) is 23.8. The van der Waals surface area contributed by atoms with Crippen molar-refractivity contribution in [1.29, 1.82) is 0 Å². The molecule has 0 aliphatic rings. The van der Waals surface area contributed by atoms with Crippen LogP contribution in [-0.4, -0.2) is 36.1 Å². The fourth-order valence-electron chi connectivity index (χ4n) is 2.16. The van der Waals surface area contributed by atoms with Gasteiger partial charge in [-0.15, -0.1) is 0 Å². The summed E-state index contributed by atoms with van der Waals surface area (Å²) in [5.41, 5.74) is 7.62. The quantitative estimate of drug-likeness (QED) is 0.457. The van der Waals surface area contributed by atoms with Gasteiger partial charge in [-0.3, -0.25) is 19.6 Å². The van der Waals surface area contributed by atoms with Crippen LogP contribution in [0.25, 0.3) is 0 Å². The standard InChI is InChI=1S/C10H12BrNO2.C9H11BrN2O2.C2H6.CH4/c1-7(3-10(13)14-2)8-4-9(11)6-12-5-8;1-14-9(13)3-8(11)6-2-7(10)5-12-4-6;1-2;/h4-7H,3H2,1-2H3;2,4-5,8H,3,11H2,1H3;1-2H3;1H4/i;;1D;. The minimum atomic E-state index is -0.368. The summed E-state index contributed by atoms with van der Waals surface area (Å²) in [6.45, 7) is 4.26. The van der Waals surface area contributed by atoms with Crippen LogP contribution < -0.4 is 5.73 Å². The molecular formula is C22H33Br2N3O4. The van der Waals surface area contributed by atoms with Crippen LogP contribution >= 0.6 is 31.9 Å². The molecule has 0 aromatic carbocycles. The predicted molar refractivity (Wildman–Crippen MR) is 131 cm³/mol. The molecule has 0 amide bonds. The minimum Gasteiger partial charge on any atom is -0.469 e. The number of carbonyl (C=O) groups excluding carboxylic acids is 2. The molecule has 0 saturated heterocycles. The van der Waals surface area contributed by atoms with Gasteiger partial charge >= 0.3 is 11.9 Å². The van der Waals surface area contributed by atoms with Crippen LogP contribution in [0.4, 0.5) is 0 Å². The Bertz CT molecular complexity index is 747. The molecule has 2 unspecified atom stereocenters. The van der Waals surface area contributed by atoms with Gasteiger partial charge in [-0.1, -0.05) is 28.2 Å². The van der Waals surface area contributed by atoms with Crippen molar-refractivity contribution in [3.8, 4) is 0 Å². The average molecular weight is 564 g/mol. The molecule has 0 bridgehead atoms. The van der Waals surface area contributed by atoms with Gasteiger partial charge in [-0.05, 0) is 61.0 Å². The van der Waals surface area contributed by atoms with Crippen molar-refractivity contribution in [3.63, 3.8) is 0 Å². The maximum absolute atomic E-state index is 11.0. The Labute approximate surface area is 203 Å². The Balaban J connectivity index is 0. The first-order valence-electron chi connectivity index (χ1n) is 9.78. The molecule has 0 aliphatic heterocycles. The second-order valence-corrected chi connectivity index (χ2v) is 7.77. The number of hydrogen-bond acceptors (Lipinski definition) is 7. The van der Waals surface area contributed by atoms with Crippen LogP contribution in [0.3, 0.4) is 0 Å². The molecule has 2 N–H and O–H groups in total. The van der Waals surface area contributed by atoms with E-state index in [2.05, 4.69) is 51.3 Å². The first-order chi connectivity index (χ1) is 14.7. The third-order valence-corrected chi connectivity index (χ3v) is 4.63. The van der Waals surface area contributed by atoms with E-state index in [0.29, 0.717) is 13.3 Å². The van der Waals surface area contributed by atoms with E-state index in [1.54, 1.807) is 31.7 Å². The zero-order valence-electron chi connectivity index (χ0n) is 18.6. The molecule has 0 saturated carbocycles. The van der Waals surface area contributed by atoms with E-state index in [1.165, 1.54) is 14.2 Å². The minimum absolute atomic E-state index is 0. The summed E-state index contributed by atoms with van der Waals surface area (Å²) >= 11 is 6.61. The zero-order valence-corrected chi connectivity index (χ0v) is 20.8. The molecule has 2 heterocycles. The third kappa shape index (κ3) is 13.2. The molecule has 2 aromatic rings. The summed E-state index contributed by atoms with van der Waals surface area (Å²) in [7, 11) is 2.74. The van der Waals surface area contributed by atoms with Crippen molar-refractivity contribution in [2.75, 3.05) is 14.2 Å². The summed E-state index contributed by atoms with van der Waals surface area (Å²) in [5.74, 6) is -0.387. The topological polar surface area (TPSA) is 104 Å². The lowest BCUT2D eigenvalue weighted by molar-refractivity contribution is -0.141. The van der Waals surface area contributed by atoms with E-state index in [4.69, 9.17) is 7.10 Å². The number of halogens is 2. The maximum atomic E-state index is 11.0. The fraction of sp³-hybridized carbons (Fsp3) is 0.455. The van der Waals surface area contributed by atoms with Crippen molar-refractivity contribution in [2.45, 2.75) is 53.0 Å². The van der Waals surface area contributed by atoms with Gasteiger partial charge in [0.2, 0.25) is 0 Å². The van der Waals surface area contributed by atoms with Crippen molar-refractivity contribution < 1.29 is 20.4 Å². The Kier molecular flexibility index (Phi) is 16.7. The van der Waals surface area contributed by atoms with E-state index in [1.807, 2.05) is 19.1 Å². The molecule has 7 nitrogen and oxygen atoms in total. The van der Waals surface area contributed by atoms with Gasteiger partial charge < -0.3 is 15.2 Å². The van der Waals surface area contributed by atoms with E-state index >= 15 is 0 Å². The maximum Gasteiger partial charge on any atom is 0.307 e. The van der Waals surface area contributed by atoms with Crippen molar-refractivity contribution in [2.24, 2.45) is 5.73 Å². The lowest BCUT2D eigenvalue weighted by atomic mass is 10.00. The van der Waals surface area contributed by atoms with E-state index in [9.17, 15) is 9.59 Å². The molecule has 9 heteroatoms. The highest BCUT2D eigenvalue weighted by Crippen LogP contribution is 2.21. The summed E-state index contributed by atoms with van der Waals surface area (Å²) in [5, 5.41) is 0. The lowest BCUT2D eigenvalue weighted by Gasteiger charge is -2.09. The number of pyridine rings is 2. The number of methoxy groups -OCH3 is 2. The summed E-state index contributed by atoms with van der Waals surface area (Å²) in [6.07, 6.45) is 7.32. The average Bonchev–Trinajstić information content (AvgIpc) is 2.74. The van der Waals surface area contributed by atoms with Gasteiger partial charge in [0.05, 0.1) is 27.1 Å². The van der Waals surface area contributed by atoms with Gasteiger partial charge in [0.15, 0.2) is 0 Å². The monoisotopic (exact) mass is 562 g/mol. The van der Waals surface area contributed by atoms with Gasteiger partial charge in [0.1, 0.15) is 0 Å². The molecule has 174 valence electrons. The Morgan fingerprint density at radius 2 is 1.42 bits per heavy atom. The SMILES string of the molecule is C.COC(=O)CC(C)c1cncc(Br)c1.COC(=O)CC(N)c1cncc(Br)c1.[2H]CC. The molecule has 0 radical (unpaired) electrons. The Hall–Kier alpha value is -1.84. The number of aromatic nitrogens is 2. The highest BCUT2D eigenvalue weighted by molar-refractivity contribution is 9.10. The van der Waals surface area contributed by atoms with Crippen LogP contribution in [0.2, 0.25) is 0 Å². The summed E-state index contributed by atoms with van der Waals surface area (Å²) in [6, 6.07) is 3.42. The van der Waals surface area contributed by atoms with E-state index < -0.39 is 0 Å². The van der Waals surface area contributed by atoms with Crippen LogP contribution in [-0.2, 0) is 19.1 Å². The first kappa shape index (κ1) is 29.2. The van der Waals surface area contributed by atoms with Crippen LogP contribution in [0.5, 0.6) is 0 Å². The lowest BCUT2D eigenvalue weighted by Crippen LogP contribution is -2.16. The number of carbonyl (C=O) groups is 2. The second-order valence-electron chi connectivity index (χ2n) is 5.94. The number of nitrogens with zero attached hydrogens (tertiary/aromatic N) is 2. The molecule has 0 aliphatic carbocycles. The van der Waals surface area contributed by atoms with Gasteiger partial charge in [0, 0.05) is 41.1 Å². The highest BCUT2D eigenvalue weighted by atomic mass is 79.9. The molecule has 0 spiro atoms. The van der Waals surface area contributed by atoms with Crippen LogP contribution in [0.1, 0.15) is 65.5 Å². The van der Waals surface area contributed by atoms with Crippen molar-refractivity contribution in [3.05, 3.63) is 57.0 Å². The molecular weight excluding hydrogens is 530 g/mol. The molecule has 31 heavy (non-hydrogen) atoms. The van der Waals surface area contributed by atoms with E-state index in [-0.39, 0.29) is 37.7 Å². The van der Waals surface area contributed by atoms with Gasteiger partial charge in [-0.2, -0.15) is 0 Å². The summed E-state index contributed by atoms with van der Waals surface area (Å²) < 4.78 is 17.1. The van der Waals surface area contributed by atoms with Crippen molar-refractivity contribution >= 4 is 43.8 Å². The largest absolute Gasteiger partial charge is 0.469 e. The summed E-state index contributed by atoms with van der Waals surface area (Å²) in [4.78, 5) is 30.0. The highest BCUT2D eigenvalue weighted by Gasteiger charge is 2.12. The normalized spacial score (nSPS) is 11.6. The number of rotatable bonds is 6. The molecule has 2 rings (SSSR count). The molecule has 2 aromatic heterocycles. The Morgan fingerprint density at radius 3 is 1.87 bits per heavy atom. The number of ether oxygens (including phenoxy) is 2.